The van der Waals surface area contributed by atoms with Crippen LogP contribution in [0.4, 0.5) is 0 Å². The van der Waals surface area contributed by atoms with Crippen LogP contribution in [-0.2, 0) is 4.74 Å². The van der Waals surface area contributed by atoms with Gasteiger partial charge in [-0.2, -0.15) is 0 Å². The Hall–Kier alpha value is -3.17. The molecule has 0 aliphatic carbocycles. The zero-order valence-corrected chi connectivity index (χ0v) is 15.2. The fourth-order valence-corrected chi connectivity index (χ4v) is 2.99. The van der Waals surface area contributed by atoms with Gasteiger partial charge in [-0.25, -0.2) is 4.79 Å². The van der Waals surface area contributed by atoms with Crippen molar-refractivity contribution in [1.29, 1.82) is 0 Å². The van der Waals surface area contributed by atoms with Crippen molar-refractivity contribution in [3.05, 3.63) is 113 Å². The van der Waals surface area contributed by atoms with Crippen LogP contribution in [0.1, 0.15) is 39.1 Å². The number of carbonyl (C=O) groups excluding carboxylic acids is 1. The van der Waals surface area contributed by atoms with E-state index in [0.29, 0.717) is 5.56 Å². The summed E-state index contributed by atoms with van der Waals surface area (Å²) in [5, 5.41) is 11.0. The molecule has 0 aliphatic heterocycles. The summed E-state index contributed by atoms with van der Waals surface area (Å²) in [5.74, 6) is -0.602. The Morgan fingerprint density at radius 3 is 2.04 bits per heavy atom. The molecular weight excluding hydrogens is 336 g/mol. The van der Waals surface area contributed by atoms with Gasteiger partial charge in [-0.05, 0) is 28.8 Å². The molecule has 0 fully saturated rings. The molecule has 3 aromatic carbocycles. The highest BCUT2D eigenvalue weighted by Gasteiger charge is 2.20. The standard InChI is InChI=1S/C24H22O3/c1-27-24(26)21-15-13-20(14-16-21)23(25)22(19-10-6-3-7-11-19)17-12-18-8-4-2-5-9-18/h2-17,22-23,25H,1H3/b17-12+. The van der Waals surface area contributed by atoms with Crippen molar-refractivity contribution < 1.29 is 14.6 Å². The fraction of sp³-hybridized carbons (Fsp3) is 0.125. The molecule has 0 aromatic heterocycles. The summed E-state index contributed by atoms with van der Waals surface area (Å²) in [7, 11) is 1.35. The van der Waals surface area contributed by atoms with Gasteiger partial charge in [0, 0.05) is 5.92 Å². The highest BCUT2D eigenvalue weighted by atomic mass is 16.5. The molecule has 27 heavy (non-hydrogen) atoms. The number of hydrogen-bond acceptors (Lipinski definition) is 3. The van der Waals surface area contributed by atoms with Gasteiger partial charge in [-0.3, -0.25) is 0 Å². The van der Waals surface area contributed by atoms with Crippen molar-refractivity contribution in [2.75, 3.05) is 7.11 Å². The summed E-state index contributed by atoms with van der Waals surface area (Å²) < 4.78 is 4.73. The lowest BCUT2D eigenvalue weighted by Gasteiger charge is -2.21. The third-order valence-electron chi connectivity index (χ3n) is 4.49. The van der Waals surface area contributed by atoms with Crippen LogP contribution in [0.3, 0.4) is 0 Å². The summed E-state index contributed by atoms with van der Waals surface area (Å²) >= 11 is 0. The molecule has 2 atom stereocenters. The highest BCUT2D eigenvalue weighted by molar-refractivity contribution is 5.89. The van der Waals surface area contributed by atoms with Crippen LogP contribution in [0.15, 0.2) is 91.0 Å². The summed E-state index contributed by atoms with van der Waals surface area (Å²) in [6, 6.07) is 26.8. The van der Waals surface area contributed by atoms with Crippen LogP contribution < -0.4 is 0 Å². The predicted molar refractivity (Wildman–Crippen MR) is 107 cm³/mol. The van der Waals surface area contributed by atoms with E-state index in [1.165, 1.54) is 7.11 Å². The first kappa shape index (κ1) is 18.6. The maximum absolute atomic E-state index is 11.6. The van der Waals surface area contributed by atoms with Crippen molar-refractivity contribution in [2.45, 2.75) is 12.0 Å². The molecule has 0 aliphatic rings. The minimum atomic E-state index is -0.737. The summed E-state index contributed by atoms with van der Waals surface area (Å²) in [6.07, 6.45) is 3.30. The molecule has 0 saturated heterocycles. The lowest BCUT2D eigenvalue weighted by Crippen LogP contribution is -2.09. The maximum Gasteiger partial charge on any atom is 0.337 e. The number of benzene rings is 3. The molecule has 3 aromatic rings. The number of rotatable bonds is 6. The van der Waals surface area contributed by atoms with E-state index in [4.69, 9.17) is 4.74 Å². The van der Waals surface area contributed by atoms with E-state index in [9.17, 15) is 9.90 Å². The van der Waals surface area contributed by atoms with Gasteiger partial charge in [-0.15, -0.1) is 0 Å². The number of methoxy groups -OCH3 is 1. The Labute approximate surface area is 159 Å². The van der Waals surface area contributed by atoms with Crippen LogP contribution in [0.2, 0.25) is 0 Å². The van der Waals surface area contributed by atoms with Gasteiger partial charge in [-0.1, -0.05) is 84.9 Å². The lowest BCUT2D eigenvalue weighted by atomic mass is 9.88. The molecule has 0 amide bonds. The second-order valence-electron chi connectivity index (χ2n) is 6.26. The van der Waals surface area contributed by atoms with Crippen molar-refractivity contribution in [1.82, 2.24) is 0 Å². The van der Waals surface area contributed by atoms with E-state index in [1.807, 2.05) is 72.8 Å². The van der Waals surface area contributed by atoms with Gasteiger partial charge in [0.2, 0.25) is 0 Å². The topological polar surface area (TPSA) is 46.5 Å². The van der Waals surface area contributed by atoms with E-state index in [0.717, 1.165) is 16.7 Å². The van der Waals surface area contributed by atoms with Gasteiger partial charge < -0.3 is 9.84 Å². The Balaban J connectivity index is 1.90. The summed E-state index contributed by atoms with van der Waals surface area (Å²) in [4.78, 5) is 11.6. The fourth-order valence-electron chi connectivity index (χ4n) is 2.99. The average molecular weight is 358 g/mol. The minimum Gasteiger partial charge on any atom is -0.465 e. The van der Waals surface area contributed by atoms with E-state index < -0.39 is 6.10 Å². The van der Waals surface area contributed by atoms with Crippen LogP contribution in [0.5, 0.6) is 0 Å². The SMILES string of the molecule is COC(=O)c1ccc(C(O)C(/C=C/c2ccccc2)c2ccccc2)cc1. The Morgan fingerprint density at radius 1 is 0.852 bits per heavy atom. The van der Waals surface area contributed by atoms with Crippen LogP contribution in [-0.4, -0.2) is 18.2 Å². The molecule has 0 spiro atoms. The van der Waals surface area contributed by atoms with E-state index in [2.05, 4.69) is 0 Å². The van der Waals surface area contributed by atoms with E-state index >= 15 is 0 Å². The molecule has 2 unspecified atom stereocenters. The molecule has 1 N–H and O–H groups in total. The zero-order chi connectivity index (χ0) is 19.1. The van der Waals surface area contributed by atoms with Crippen LogP contribution in [0, 0.1) is 0 Å². The van der Waals surface area contributed by atoms with Crippen molar-refractivity contribution in [2.24, 2.45) is 0 Å². The average Bonchev–Trinajstić information content (AvgIpc) is 2.75. The van der Waals surface area contributed by atoms with Gasteiger partial charge in [0.25, 0.3) is 0 Å². The third-order valence-corrected chi connectivity index (χ3v) is 4.49. The van der Waals surface area contributed by atoms with E-state index in [1.54, 1.807) is 24.3 Å². The maximum atomic E-state index is 11.6. The van der Waals surface area contributed by atoms with E-state index in [-0.39, 0.29) is 11.9 Å². The number of hydrogen-bond donors (Lipinski definition) is 1. The second-order valence-corrected chi connectivity index (χ2v) is 6.26. The first-order valence-electron chi connectivity index (χ1n) is 8.83. The Kier molecular flexibility index (Phi) is 6.18. The number of esters is 1. The molecular formula is C24H22O3. The first-order valence-corrected chi connectivity index (χ1v) is 8.83. The monoisotopic (exact) mass is 358 g/mol. The molecule has 3 heteroatoms. The van der Waals surface area contributed by atoms with Gasteiger partial charge >= 0.3 is 5.97 Å². The first-order chi connectivity index (χ1) is 13.2. The second kappa shape index (κ2) is 8.97. The molecule has 0 saturated carbocycles. The highest BCUT2D eigenvalue weighted by Crippen LogP contribution is 2.33. The predicted octanol–water partition coefficient (Wildman–Crippen LogP) is 5.00. The quantitative estimate of drug-likeness (QED) is 0.631. The van der Waals surface area contributed by atoms with Crippen LogP contribution in [0.25, 0.3) is 6.08 Å². The van der Waals surface area contributed by atoms with Gasteiger partial charge in [0.05, 0.1) is 18.8 Å². The lowest BCUT2D eigenvalue weighted by molar-refractivity contribution is 0.0600. The number of aliphatic hydroxyl groups excluding tert-OH is 1. The zero-order valence-electron chi connectivity index (χ0n) is 15.2. The number of ether oxygens (including phenoxy) is 1. The summed E-state index contributed by atoms with van der Waals surface area (Å²) in [5.41, 5.74) is 3.31. The van der Waals surface area contributed by atoms with Gasteiger partial charge in [0.15, 0.2) is 0 Å². The molecule has 0 radical (unpaired) electrons. The minimum absolute atomic E-state index is 0.213. The molecule has 0 heterocycles. The van der Waals surface area contributed by atoms with Gasteiger partial charge in [0.1, 0.15) is 0 Å². The number of aliphatic hydroxyl groups is 1. The summed E-state index contributed by atoms with van der Waals surface area (Å²) in [6.45, 7) is 0. The van der Waals surface area contributed by atoms with Crippen LogP contribution >= 0.6 is 0 Å². The molecule has 3 nitrogen and oxygen atoms in total. The normalized spacial score (nSPS) is 13.3. The Bertz CT molecular complexity index is 884. The largest absolute Gasteiger partial charge is 0.465 e. The van der Waals surface area contributed by atoms with Crippen molar-refractivity contribution in [3.63, 3.8) is 0 Å². The van der Waals surface area contributed by atoms with Crippen molar-refractivity contribution in [3.8, 4) is 0 Å². The molecule has 136 valence electrons. The van der Waals surface area contributed by atoms with Crippen molar-refractivity contribution >= 4 is 12.0 Å². The smallest absolute Gasteiger partial charge is 0.337 e. The Morgan fingerprint density at radius 2 is 1.44 bits per heavy atom. The molecule has 3 rings (SSSR count). The number of carbonyl (C=O) groups is 1. The third kappa shape index (κ3) is 4.72. The molecule has 0 bridgehead atoms.